The van der Waals surface area contributed by atoms with Crippen LogP contribution in [0, 0.1) is 47.9 Å². The first-order valence-electron chi connectivity index (χ1n) is 12.0. The highest BCUT2D eigenvalue weighted by Gasteiger charge is 2.14. The van der Waals surface area contributed by atoms with Gasteiger partial charge in [-0.2, -0.15) is 0 Å². The SMILES string of the molecule is C#CC#CC#CCN=C(N)c1ccc(C(C)(C)C)cc1.CC#CCN=C(N)c1ccc(C(C)(C)C)cc1.[HH].[HH].[HH].[HH].[HH].[HH]. The number of rotatable bonds is 4. The van der Waals surface area contributed by atoms with Crippen molar-refractivity contribution in [2.75, 3.05) is 13.1 Å². The Labute approximate surface area is 233 Å². The van der Waals surface area contributed by atoms with E-state index in [2.05, 4.69) is 117 Å². The van der Waals surface area contributed by atoms with E-state index in [1.54, 1.807) is 6.92 Å². The zero-order valence-electron chi connectivity index (χ0n) is 23.2. The van der Waals surface area contributed by atoms with E-state index < -0.39 is 0 Å². The molecule has 2 aromatic carbocycles. The Hall–Kier alpha value is -4.38. The summed E-state index contributed by atoms with van der Waals surface area (Å²) in [6.07, 6.45) is 4.97. The molecular weight excluding hydrogens is 452 g/mol. The molecule has 0 atom stereocenters. The molecular formula is C33H50N4. The van der Waals surface area contributed by atoms with Gasteiger partial charge in [0.1, 0.15) is 24.8 Å². The van der Waals surface area contributed by atoms with Crippen LogP contribution in [0.5, 0.6) is 0 Å². The average Bonchev–Trinajstić information content (AvgIpc) is 2.85. The van der Waals surface area contributed by atoms with Gasteiger partial charge in [-0.05, 0) is 52.6 Å². The molecule has 0 spiro atoms. The molecule has 0 aliphatic carbocycles. The highest BCUT2D eigenvalue weighted by atomic mass is 14.8. The van der Waals surface area contributed by atoms with Crippen molar-refractivity contribution < 1.29 is 8.56 Å². The minimum atomic E-state index is 0. The summed E-state index contributed by atoms with van der Waals surface area (Å²) in [5.74, 6) is 19.2. The lowest BCUT2D eigenvalue weighted by Gasteiger charge is -2.19. The summed E-state index contributed by atoms with van der Waals surface area (Å²) in [6.45, 7) is 15.7. The third kappa shape index (κ3) is 11.7. The van der Waals surface area contributed by atoms with E-state index in [1.807, 2.05) is 24.3 Å². The molecule has 0 saturated heterocycles. The van der Waals surface area contributed by atoms with Gasteiger partial charge < -0.3 is 11.5 Å². The molecule has 0 heterocycles. The van der Waals surface area contributed by atoms with Crippen molar-refractivity contribution >= 4 is 11.7 Å². The van der Waals surface area contributed by atoms with Crippen LogP contribution in [0.2, 0.25) is 0 Å². The highest BCUT2D eigenvalue weighted by Crippen LogP contribution is 2.23. The van der Waals surface area contributed by atoms with E-state index in [9.17, 15) is 0 Å². The zero-order valence-corrected chi connectivity index (χ0v) is 23.2. The predicted molar refractivity (Wildman–Crippen MR) is 172 cm³/mol. The van der Waals surface area contributed by atoms with E-state index in [0.29, 0.717) is 24.8 Å². The topological polar surface area (TPSA) is 76.8 Å². The molecule has 202 valence electrons. The number of hydrogen-bond donors (Lipinski definition) is 2. The summed E-state index contributed by atoms with van der Waals surface area (Å²) in [4.78, 5) is 8.38. The maximum atomic E-state index is 5.91. The molecule has 0 amide bonds. The summed E-state index contributed by atoms with van der Waals surface area (Å²) >= 11 is 0. The van der Waals surface area contributed by atoms with Crippen LogP contribution in [0.25, 0.3) is 0 Å². The minimum absolute atomic E-state index is 0. The number of nitrogens with two attached hydrogens (primary N) is 2. The molecule has 0 aromatic heterocycles. The van der Waals surface area contributed by atoms with Gasteiger partial charge in [-0.25, -0.2) is 0 Å². The molecule has 0 saturated carbocycles. The van der Waals surface area contributed by atoms with Gasteiger partial charge >= 0.3 is 0 Å². The first kappa shape index (κ1) is 30.7. The summed E-state index contributed by atoms with van der Waals surface area (Å²) in [5, 5.41) is 0. The molecule has 2 rings (SSSR count). The molecule has 4 N–H and O–H groups in total. The zero-order chi connectivity index (χ0) is 27.9. The first-order valence-corrected chi connectivity index (χ1v) is 12.0. The van der Waals surface area contributed by atoms with Crippen LogP contribution in [0.15, 0.2) is 58.5 Å². The smallest absolute Gasteiger partial charge is 0.126 e. The molecule has 0 fully saturated rings. The van der Waals surface area contributed by atoms with E-state index in [1.165, 1.54) is 11.1 Å². The summed E-state index contributed by atoms with van der Waals surface area (Å²) < 4.78 is 0. The van der Waals surface area contributed by atoms with Gasteiger partial charge in [0.25, 0.3) is 0 Å². The number of terminal acetylenes is 1. The molecule has 2 aromatic rings. The van der Waals surface area contributed by atoms with Crippen molar-refractivity contribution in [2.45, 2.75) is 59.3 Å². The second-order valence-electron chi connectivity index (χ2n) is 10.2. The van der Waals surface area contributed by atoms with Crippen molar-refractivity contribution in [1.82, 2.24) is 0 Å². The lowest BCUT2D eigenvalue weighted by Crippen LogP contribution is -2.15. The molecule has 0 aliphatic heterocycles. The number of nitrogens with zero attached hydrogens (tertiary/aromatic N) is 2. The van der Waals surface area contributed by atoms with Crippen molar-refractivity contribution in [1.29, 1.82) is 0 Å². The van der Waals surface area contributed by atoms with Gasteiger partial charge in [0, 0.05) is 19.7 Å². The van der Waals surface area contributed by atoms with Gasteiger partial charge in [-0.1, -0.05) is 102 Å². The normalized spacial score (nSPS) is 11.2. The second kappa shape index (κ2) is 14.9. The first-order chi connectivity index (χ1) is 17.4. The van der Waals surface area contributed by atoms with Crippen molar-refractivity contribution in [3.05, 3.63) is 70.8 Å². The standard InChI is InChI=1S/C18H18N2.C15H20N2.6H2/c1-5-6-7-8-9-14-20-17(19)15-10-12-16(13-11-15)18(2,3)4;1-5-6-11-17-14(16)12-7-9-13(10-8-12)15(2,3)4;;;;;;/h1,10-13H,14H2,2-4H3,(H2,19,20);7-10H,11H2,1-4H3,(H2,16,17);6*1H. The predicted octanol–water partition coefficient (Wildman–Crippen LogP) is 6.52. The van der Waals surface area contributed by atoms with Gasteiger partial charge in [-0.15, -0.1) is 12.3 Å². The number of amidine groups is 2. The maximum absolute atomic E-state index is 5.91. The van der Waals surface area contributed by atoms with Gasteiger partial charge in [0.05, 0.1) is 0 Å². The van der Waals surface area contributed by atoms with Crippen LogP contribution in [-0.4, -0.2) is 24.8 Å². The summed E-state index contributed by atoms with van der Waals surface area (Å²) in [5.41, 5.74) is 16.5. The fraction of sp³-hybridized carbons (Fsp3) is 0.333. The Kier molecular flexibility index (Phi) is 12.3. The summed E-state index contributed by atoms with van der Waals surface area (Å²) in [7, 11) is 0. The molecule has 0 aliphatic rings. The van der Waals surface area contributed by atoms with E-state index in [0.717, 1.165) is 11.1 Å². The minimum Gasteiger partial charge on any atom is -0.383 e. The molecule has 0 radical (unpaired) electrons. The number of hydrogen-bond acceptors (Lipinski definition) is 2. The van der Waals surface area contributed by atoms with Gasteiger partial charge in [0.2, 0.25) is 0 Å². The largest absolute Gasteiger partial charge is 0.383 e. The summed E-state index contributed by atoms with van der Waals surface area (Å²) in [6, 6.07) is 16.3. The Morgan fingerprint density at radius 1 is 0.703 bits per heavy atom. The molecule has 0 bridgehead atoms. The van der Waals surface area contributed by atoms with Crippen molar-refractivity contribution in [2.24, 2.45) is 21.5 Å². The van der Waals surface area contributed by atoms with Crippen LogP contribution in [-0.2, 0) is 10.8 Å². The van der Waals surface area contributed by atoms with Crippen molar-refractivity contribution in [3.8, 4) is 47.9 Å². The second-order valence-corrected chi connectivity index (χ2v) is 10.2. The molecule has 4 heteroatoms. The fourth-order valence-electron chi connectivity index (χ4n) is 2.94. The van der Waals surface area contributed by atoms with E-state index >= 15 is 0 Å². The van der Waals surface area contributed by atoms with Gasteiger partial charge in [0.15, 0.2) is 0 Å². The maximum Gasteiger partial charge on any atom is 0.126 e. The van der Waals surface area contributed by atoms with Crippen LogP contribution >= 0.6 is 0 Å². The van der Waals surface area contributed by atoms with E-state index in [-0.39, 0.29) is 19.4 Å². The van der Waals surface area contributed by atoms with Crippen LogP contribution in [0.3, 0.4) is 0 Å². The highest BCUT2D eigenvalue weighted by molar-refractivity contribution is 5.98. The van der Waals surface area contributed by atoms with E-state index in [4.69, 9.17) is 17.9 Å². The Balaban J connectivity index is -0.000000141. The monoisotopic (exact) mass is 502 g/mol. The van der Waals surface area contributed by atoms with Crippen LogP contribution in [0.4, 0.5) is 0 Å². The molecule has 4 nitrogen and oxygen atoms in total. The third-order valence-electron chi connectivity index (χ3n) is 5.21. The van der Waals surface area contributed by atoms with Crippen LogP contribution < -0.4 is 11.5 Å². The number of aliphatic imine (C=N–C) groups is 2. The fourth-order valence-corrected chi connectivity index (χ4v) is 2.94. The number of benzene rings is 2. The lowest BCUT2D eigenvalue weighted by atomic mass is 9.86. The van der Waals surface area contributed by atoms with Crippen molar-refractivity contribution in [3.63, 3.8) is 0 Å². The Morgan fingerprint density at radius 3 is 1.46 bits per heavy atom. The quantitative estimate of drug-likeness (QED) is 0.284. The Morgan fingerprint density at radius 2 is 1.11 bits per heavy atom. The third-order valence-corrected chi connectivity index (χ3v) is 5.21. The van der Waals surface area contributed by atoms with Crippen LogP contribution in [0.1, 0.15) is 79.3 Å². The van der Waals surface area contributed by atoms with Gasteiger partial charge in [-0.3, -0.25) is 9.98 Å². The Bertz CT molecular complexity index is 1330. The molecule has 0 unspecified atom stereocenters. The lowest BCUT2D eigenvalue weighted by molar-refractivity contribution is 0.590. The average molecular weight is 503 g/mol. The molecule has 37 heavy (non-hydrogen) atoms.